The average molecular weight is 365 g/mol. The van der Waals surface area contributed by atoms with Gasteiger partial charge in [0.2, 0.25) is 5.91 Å². The van der Waals surface area contributed by atoms with Crippen molar-refractivity contribution >= 4 is 30.1 Å². The zero-order valence-electron chi connectivity index (χ0n) is 13.5. The number of hydrogen-bond acceptors (Lipinski definition) is 4. The summed E-state index contributed by atoms with van der Waals surface area (Å²) in [6.45, 7) is 0.556. The Hall–Kier alpha value is -1.69. The summed E-state index contributed by atoms with van der Waals surface area (Å²) >= 11 is 1.75. The van der Waals surface area contributed by atoms with Gasteiger partial charge in [-0.25, -0.2) is 0 Å². The molecule has 1 fully saturated rings. The Bertz CT molecular complexity index is 673. The van der Waals surface area contributed by atoms with Crippen LogP contribution in [0.15, 0.2) is 48.5 Å². The lowest BCUT2D eigenvalue weighted by Gasteiger charge is -2.11. The van der Waals surface area contributed by atoms with Crippen LogP contribution >= 0.6 is 24.2 Å². The molecule has 0 bridgehead atoms. The molecule has 128 valence electrons. The standard InChI is InChI=1S/C18H20N2O2S.ClH/c1-22-16-4-2-3-15(9-16)14-7-5-13(6-8-14)10-19-18(21)17-11-23-12-20-17;/h2-9,17,20H,10-12H2,1H3,(H,19,21);1H. The maximum Gasteiger partial charge on any atom is 0.238 e. The number of carbonyl (C=O) groups is 1. The highest BCUT2D eigenvalue weighted by Crippen LogP contribution is 2.24. The minimum Gasteiger partial charge on any atom is -0.497 e. The van der Waals surface area contributed by atoms with Gasteiger partial charge in [0.05, 0.1) is 13.2 Å². The van der Waals surface area contributed by atoms with E-state index in [1.165, 1.54) is 0 Å². The average Bonchev–Trinajstić information content (AvgIpc) is 3.15. The van der Waals surface area contributed by atoms with Crippen LogP contribution in [0, 0.1) is 0 Å². The lowest BCUT2D eigenvalue weighted by molar-refractivity contribution is -0.122. The van der Waals surface area contributed by atoms with E-state index < -0.39 is 0 Å². The van der Waals surface area contributed by atoms with Crippen molar-refractivity contribution in [2.45, 2.75) is 12.6 Å². The van der Waals surface area contributed by atoms with Crippen molar-refractivity contribution in [3.63, 3.8) is 0 Å². The first-order chi connectivity index (χ1) is 11.3. The zero-order valence-corrected chi connectivity index (χ0v) is 15.1. The Morgan fingerprint density at radius 2 is 2.04 bits per heavy atom. The highest BCUT2D eigenvalue weighted by molar-refractivity contribution is 7.99. The molecule has 0 spiro atoms. The molecule has 1 unspecified atom stereocenters. The number of benzene rings is 2. The van der Waals surface area contributed by atoms with Gasteiger partial charge in [0.25, 0.3) is 0 Å². The number of thioether (sulfide) groups is 1. The summed E-state index contributed by atoms with van der Waals surface area (Å²) in [5, 5.41) is 6.16. The Balaban J connectivity index is 0.00000208. The maximum atomic E-state index is 12.0. The van der Waals surface area contributed by atoms with Crippen LogP contribution < -0.4 is 15.4 Å². The van der Waals surface area contributed by atoms with Crippen molar-refractivity contribution in [1.82, 2.24) is 10.6 Å². The number of halogens is 1. The molecule has 6 heteroatoms. The van der Waals surface area contributed by atoms with E-state index in [2.05, 4.69) is 28.8 Å². The molecule has 1 saturated heterocycles. The summed E-state index contributed by atoms with van der Waals surface area (Å²) in [5.74, 6) is 2.63. The summed E-state index contributed by atoms with van der Waals surface area (Å²) in [7, 11) is 1.67. The van der Waals surface area contributed by atoms with E-state index in [0.717, 1.165) is 34.1 Å². The topological polar surface area (TPSA) is 50.4 Å². The molecule has 0 aliphatic carbocycles. The molecule has 1 amide bonds. The predicted octanol–water partition coefficient (Wildman–Crippen LogP) is 3.06. The van der Waals surface area contributed by atoms with Gasteiger partial charge in [0, 0.05) is 18.2 Å². The quantitative estimate of drug-likeness (QED) is 0.856. The predicted molar refractivity (Wildman–Crippen MR) is 102 cm³/mol. The van der Waals surface area contributed by atoms with Gasteiger partial charge >= 0.3 is 0 Å². The zero-order chi connectivity index (χ0) is 16.1. The Morgan fingerprint density at radius 3 is 2.71 bits per heavy atom. The molecular formula is C18H21ClN2O2S. The van der Waals surface area contributed by atoms with Gasteiger partial charge in [-0.15, -0.1) is 24.2 Å². The summed E-state index contributed by atoms with van der Waals surface area (Å²) in [6.07, 6.45) is 0. The molecule has 0 aromatic heterocycles. The minimum atomic E-state index is -0.0592. The first-order valence-electron chi connectivity index (χ1n) is 7.58. The van der Waals surface area contributed by atoms with Gasteiger partial charge in [-0.2, -0.15) is 0 Å². The third kappa shape index (κ3) is 4.66. The van der Waals surface area contributed by atoms with E-state index in [9.17, 15) is 4.79 Å². The SMILES string of the molecule is COc1cccc(-c2ccc(CNC(=O)C3CSCN3)cc2)c1.Cl. The van der Waals surface area contributed by atoms with Crippen LogP contribution in [-0.2, 0) is 11.3 Å². The second-order valence-corrected chi connectivity index (χ2v) is 6.45. The molecule has 2 N–H and O–H groups in total. The summed E-state index contributed by atoms with van der Waals surface area (Å²) in [5.41, 5.74) is 3.34. The Morgan fingerprint density at radius 1 is 1.25 bits per heavy atom. The van der Waals surface area contributed by atoms with Crippen molar-refractivity contribution in [3.05, 3.63) is 54.1 Å². The smallest absolute Gasteiger partial charge is 0.238 e. The molecule has 0 radical (unpaired) electrons. The summed E-state index contributed by atoms with van der Waals surface area (Å²) in [4.78, 5) is 12.0. The highest BCUT2D eigenvalue weighted by Gasteiger charge is 2.21. The summed E-state index contributed by atoms with van der Waals surface area (Å²) < 4.78 is 5.26. The lowest BCUT2D eigenvalue weighted by atomic mass is 10.0. The van der Waals surface area contributed by atoms with Crippen molar-refractivity contribution < 1.29 is 9.53 Å². The molecule has 2 aromatic carbocycles. The Kier molecular flexibility index (Phi) is 6.97. The summed E-state index contributed by atoms with van der Waals surface area (Å²) in [6, 6.07) is 16.2. The first-order valence-corrected chi connectivity index (χ1v) is 8.74. The largest absolute Gasteiger partial charge is 0.497 e. The van der Waals surface area contributed by atoms with Crippen LogP contribution in [0.25, 0.3) is 11.1 Å². The minimum absolute atomic E-state index is 0. The number of methoxy groups -OCH3 is 1. The van der Waals surface area contributed by atoms with E-state index in [1.807, 2.05) is 30.3 Å². The molecule has 2 aromatic rings. The molecule has 1 aliphatic heterocycles. The molecule has 3 rings (SSSR count). The Labute approximate surface area is 152 Å². The third-order valence-corrected chi connectivity index (χ3v) is 4.80. The highest BCUT2D eigenvalue weighted by atomic mass is 35.5. The van der Waals surface area contributed by atoms with Crippen LogP contribution in [-0.4, -0.2) is 30.7 Å². The maximum absolute atomic E-state index is 12.0. The molecular weight excluding hydrogens is 344 g/mol. The van der Waals surface area contributed by atoms with Crippen molar-refractivity contribution in [1.29, 1.82) is 0 Å². The number of ether oxygens (including phenoxy) is 1. The van der Waals surface area contributed by atoms with Crippen molar-refractivity contribution in [3.8, 4) is 16.9 Å². The molecule has 1 aliphatic rings. The second kappa shape index (κ2) is 8.97. The van der Waals surface area contributed by atoms with Gasteiger partial charge in [0.1, 0.15) is 5.75 Å². The molecule has 1 atom stereocenters. The molecule has 24 heavy (non-hydrogen) atoms. The van der Waals surface area contributed by atoms with Gasteiger partial charge in [-0.05, 0) is 28.8 Å². The van der Waals surface area contributed by atoms with Gasteiger partial charge in [-0.1, -0.05) is 36.4 Å². The van der Waals surface area contributed by atoms with Crippen LogP contribution in [0.2, 0.25) is 0 Å². The first kappa shape index (κ1) is 18.6. The number of carbonyl (C=O) groups excluding carboxylic acids is 1. The van der Waals surface area contributed by atoms with Crippen molar-refractivity contribution in [2.24, 2.45) is 0 Å². The number of nitrogens with one attached hydrogen (secondary N) is 2. The van der Waals surface area contributed by atoms with Crippen LogP contribution in [0.3, 0.4) is 0 Å². The van der Waals surface area contributed by atoms with Gasteiger partial charge in [-0.3, -0.25) is 10.1 Å². The normalized spacial score (nSPS) is 16.3. The fourth-order valence-corrected chi connectivity index (χ4v) is 3.44. The monoisotopic (exact) mass is 364 g/mol. The van der Waals surface area contributed by atoms with Crippen LogP contribution in [0.5, 0.6) is 5.75 Å². The fourth-order valence-electron chi connectivity index (χ4n) is 2.49. The fraction of sp³-hybridized carbons (Fsp3) is 0.278. The lowest BCUT2D eigenvalue weighted by Crippen LogP contribution is -2.41. The van der Waals surface area contributed by atoms with Gasteiger partial charge < -0.3 is 10.1 Å². The molecule has 0 saturated carbocycles. The number of rotatable bonds is 5. The van der Waals surface area contributed by atoms with Gasteiger partial charge in [0.15, 0.2) is 0 Å². The molecule has 1 heterocycles. The second-order valence-electron chi connectivity index (χ2n) is 5.42. The van der Waals surface area contributed by atoms with E-state index in [4.69, 9.17) is 4.74 Å². The van der Waals surface area contributed by atoms with E-state index >= 15 is 0 Å². The van der Waals surface area contributed by atoms with Crippen LogP contribution in [0.1, 0.15) is 5.56 Å². The van der Waals surface area contributed by atoms with E-state index in [1.54, 1.807) is 18.9 Å². The third-order valence-electron chi connectivity index (χ3n) is 3.86. The number of amides is 1. The van der Waals surface area contributed by atoms with E-state index in [-0.39, 0.29) is 24.4 Å². The van der Waals surface area contributed by atoms with Crippen LogP contribution in [0.4, 0.5) is 0 Å². The molecule has 4 nitrogen and oxygen atoms in total. The van der Waals surface area contributed by atoms with Crippen molar-refractivity contribution in [2.75, 3.05) is 18.7 Å². The number of hydrogen-bond donors (Lipinski definition) is 2. The van der Waals surface area contributed by atoms with E-state index in [0.29, 0.717) is 6.54 Å².